The lowest BCUT2D eigenvalue weighted by Crippen LogP contribution is -2.20. The van der Waals surface area contributed by atoms with E-state index >= 15 is 0 Å². The molecule has 0 saturated heterocycles. The number of nitrogens with two attached hydrogens (primary N) is 1. The van der Waals surface area contributed by atoms with Crippen LogP contribution in [0.25, 0.3) is 0 Å². The average Bonchev–Trinajstić information content (AvgIpc) is 2.06. The molecule has 0 fully saturated rings. The molecule has 0 spiro atoms. The first-order valence-corrected chi connectivity index (χ1v) is 5.51. The molecule has 0 aromatic carbocycles. The summed E-state index contributed by atoms with van der Waals surface area (Å²) in [6.07, 6.45) is -0.0588. The second-order valence-electron chi connectivity index (χ2n) is 2.20. The molecule has 0 amide bonds. The molecule has 0 bridgehead atoms. The maximum atomic E-state index is 5.36. The van der Waals surface area contributed by atoms with Crippen LogP contribution in [-0.4, -0.2) is 37.6 Å². The highest BCUT2D eigenvalue weighted by atomic mass is 32.2. The van der Waals surface area contributed by atoms with Gasteiger partial charge in [-0.3, -0.25) is 0 Å². The largest absolute Gasteiger partial charge is 0.352 e. The van der Waals surface area contributed by atoms with Gasteiger partial charge in [0.15, 0.2) is 6.29 Å². The number of ether oxygens (including phenoxy) is 2. The van der Waals surface area contributed by atoms with Gasteiger partial charge in [-0.05, 0) is 13.8 Å². The summed E-state index contributed by atoms with van der Waals surface area (Å²) >= 11 is 1.77. The van der Waals surface area contributed by atoms with Crippen LogP contribution in [0.2, 0.25) is 0 Å². The number of hydrogen-bond donors (Lipinski definition) is 1. The van der Waals surface area contributed by atoms with Crippen LogP contribution in [0.15, 0.2) is 0 Å². The van der Waals surface area contributed by atoms with Crippen LogP contribution in [0.5, 0.6) is 0 Å². The highest BCUT2D eigenvalue weighted by molar-refractivity contribution is 7.99. The van der Waals surface area contributed by atoms with Gasteiger partial charge in [0.1, 0.15) is 0 Å². The Morgan fingerprint density at radius 3 is 2.25 bits per heavy atom. The number of hydrogen-bond acceptors (Lipinski definition) is 4. The predicted molar refractivity (Wildman–Crippen MR) is 53.4 cm³/mol. The van der Waals surface area contributed by atoms with Crippen molar-refractivity contribution in [1.29, 1.82) is 0 Å². The Hall–Kier alpha value is 0.230. The monoisotopic (exact) mass is 193 g/mol. The lowest BCUT2D eigenvalue weighted by Gasteiger charge is -2.15. The van der Waals surface area contributed by atoms with Crippen molar-refractivity contribution in [3.05, 3.63) is 0 Å². The van der Waals surface area contributed by atoms with Crippen molar-refractivity contribution in [3.63, 3.8) is 0 Å². The van der Waals surface area contributed by atoms with E-state index in [2.05, 4.69) is 0 Å². The summed E-state index contributed by atoms with van der Waals surface area (Å²) in [5, 5.41) is 0. The van der Waals surface area contributed by atoms with Gasteiger partial charge in [0.2, 0.25) is 0 Å². The first kappa shape index (κ1) is 12.2. The van der Waals surface area contributed by atoms with Gasteiger partial charge >= 0.3 is 0 Å². The van der Waals surface area contributed by atoms with E-state index in [9.17, 15) is 0 Å². The first-order valence-electron chi connectivity index (χ1n) is 4.36. The summed E-state index contributed by atoms with van der Waals surface area (Å²) in [5.41, 5.74) is 5.36. The fraction of sp³-hybridized carbons (Fsp3) is 1.00. The van der Waals surface area contributed by atoms with Gasteiger partial charge < -0.3 is 15.2 Å². The Labute approximate surface area is 79.0 Å². The molecular weight excluding hydrogens is 174 g/mol. The molecule has 3 nitrogen and oxygen atoms in total. The van der Waals surface area contributed by atoms with Crippen LogP contribution in [0.1, 0.15) is 13.8 Å². The molecular formula is C8H19NO2S. The van der Waals surface area contributed by atoms with Crippen molar-refractivity contribution in [1.82, 2.24) is 0 Å². The van der Waals surface area contributed by atoms with E-state index in [1.165, 1.54) is 0 Å². The predicted octanol–water partition coefficient (Wildman–Crippen LogP) is 1.08. The smallest absolute Gasteiger partial charge is 0.166 e. The molecule has 0 heterocycles. The SMILES string of the molecule is CCOC(CSCCN)OCC. The van der Waals surface area contributed by atoms with Crippen LogP contribution in [0.4, 0.5) is 0 Å². The van der Waals surface area contributed by atoms with E-state index in [1.54, 1.807) is 11.8 Å². The lowest BCUT2D eigenvalue weighted by molar-refractivity contribution is -0.120. The van der Waals surface area contributed by atoms with E-state index in [4.69, 9.17) is 15.2 Å². The third-order valence-corrected chi connectivity index (χ3v) is 2.25. The van der Waals surface area contributed by atoms with Gasteiger partial charge in [0.25, 0.3) is 0 Å². The summed E-state index contributed by atoms with van der Waals surface area (Å²) < 4.78 is 10.7. The van der Waals surface area contributed by atoms with Crippen molar-refractivity contribution < 1.29 is 9.47 Å². The lowest BCUT2D eigenvalue weighted by atomic mass is 10.7. The number of thioether (sulfide) groups is 1. The quantitative estimate of drug-likeness (QED) is 0.463. The standard InChI is InChI=1S/C8H19NO2S/c1-3-10-8(11-4-2)7-12-6-5-9/h8H,3-7,9H2,1-2H3. The Balaban J connectivity index is 3.34. The zero-order valence-electron chi connectivity index (χ0n) is 7.91. The van der Waals surface area contributed by atoms with Gasteiger partial charge in [-0.25, -0.2) is 0 Å². The topological polar surface area (TPSA) is 44.5 Å². The summed E-state index contributed by atoms with van der Waals surface area (Å²) in [6, 6.07) is 0. The minimum atomic E-state index is -0.0588. The molecule has 0 aliphatic rings. The summed E-state index contributed by atoms with van der Waals surface area (Å²) in [5.74, 6) is 1.84. The molecule has 0 unspecified atom stereocenters. The fourth-order valence-corrected chi connectivity index (χ4v) is 1.50. The Morgan fingerprint density at radius 1 is 1.25 bits per heavy atom. The maximum Gasteiger partial charge on any atom is 0.166 e. The fourth-order valence-electron chi connectivity index (χ4n) is 0.779. The number of rotatable bonds is 8. The van der Waals surface area contributed by atoms with E-state index in [1.807, 2.05) is 13.8 Å². The van der Waals surface area contributed by atoms with Crippen LogP contribution in [-0.2, 0) is 9.47 Å². The van der Waals surface area contributed by atoms with E-state index < -0.39 is 0 Å². The zero-order valence-corrected chi connectivity index (χ0v) is 8.73. The van der Waals surface area contributed by atoms with Crippen molar-refractivity contribution in [2.45, 2.75) is 20.1 Å². The normalized spacial score (nSPS) is 11.0. The van der Waals surface area contributed by atoms with Gasteiger partial charge in [0.05, 0.1) is 0 Å². The molecule has 0 radical (unpaired) electrons. The zero-order chi connectivity index (χ0) is 9.23. The minimum Gasteiger partial charge on any atom is -0.352 e. The van der Waals surface area contributed by atoms with Gasteiger partial charge in [0, 0.05) is 31.3 Å². The molecule has 0 aromatic heterocycles. The van der Waals surface area contributed by atoms with E-state index in [0.717, 1.165) is 18.1 Å². The Bertz CT molecular complexity index is 87.1. The molecule has 0 saturated carbocycles. The van der Waals surface area contributed by atoms with Crippen molar-refractivity contribution in [2.24, 2.45) is 5.73 Å². The Kier molecular flexibility index (Phi) is 9.50. The molecule has 4 heteroatoms. The van der Waals surface area contributed by atoms with Crippen LogP contribution in [0.3, 0.4) is 0 Å². The van der Waals surface area contributed by atoms with Crippen LogP contribution < -0.4 is 5.73 Å². The first-order chi connectivity index (χ1) is 5.85. The summed E-state index contributed by atoms with van der Waals surface area (Å²) in [6.45, 7) is 6.07. The Morgan fingerprint density at radius 2 is 1.83 bits per heavy atom. The molecule has 12 heavy (non-hydrogen) atoms. The summed E-state index contributed by atoms with van der Waals surface area (Å²) in [7, 11) is 0. The molecule has 0 aliphatic carbocycles. The highest BCUT2D eigenvalue weighted by Gasteiger charge is 2.06. The molecule has 0 rings (SSSR count). The third kappa shape index (κ3) is 6.91. The highest BCUT2D eigenvalue weighted by Crippen LogP contribution is 2.06. The van der Waals surface area contributed by atoms with E-state index in [0.29, 0.717) is 13.2 Å². The van der Waals surface area contributed by atoms with Gasteiger partial charge in [-0.15, -0.1) is 0 Å². The molecule has 0 atom stereocenters. The molecule has 2 N–H and O–H groups in total. The van der Waals surface area contributed by atoms with E-state index in [-0.39, 0.29) is 6.29 Å². The van der Waals surface area contributed by atoms with Crippen molar-refractivity contribution in [3.8, 4) is 0 Å². The van der Waals surface area contributed by atoms with Gasteiger partial charge in [-0.1, -0.05) is 0 Å². The second kappa shape index (κ2) is 9.32. The van der Waals surface area contributed by atoms with Crippen molar-refractivity contribution in [2.75, 3.05) is 31.3 Å². The minimum absolute atomic E-state index is 0.0588. The molecule has 0 aliphatic heterocycles. The van der Waals surface area contributed by atoms with Crippen molar-refractivity contribution >= 4 is 11.8 Å². The average molecular weight is 193 g/mol. The third-order valence-electron chi connectivity index (χ3n) is 1.22. The molecule has 0 aromatic rings. The van der Waals surface area contributed by atoms with Gasteiger partial charge in [-0.2, -0.15) is 11.8 Å². The van der Waals surface area contributed by atoms with Crippen LogP contribution >= 0.6 is 11.8 Å². The molecule has 74 valence electrons. The second-order valence-corrected chi connectivity index (χ2v) is 3.35. The maximum absolute atomic E-state index is 5.36. The van der Waals surface area contributed by atoms with Crippen LogP contribution in [0, 0.1) is 0 Å². The summed E-state index contributed by atoms with van der Waals surface area (Å²) in [4.78, 5) is 0.